The quantitative estimate of drug-likeness (QED) is 0.113. The van der Waals surface area contributed by atoms with Crippen molar-refractivity contribution in [3.05, 3.63) is 6.33 Å². The van der Waals surface area contributed by atoms with E-state index in [9.17, 15) is 19.3 Å². The first-order valence-electron chi connectivity index (χ1n) is 13.8. The number of aliphatic hydroxyl groups excluding tert-OH is 1. The van der Waals surface area contributed by atoms with Crippen molar-refractivity contribution in [2.24, 2.45) is 5.41 Å². The van der Waals surface area contributed by atoms with Crippen LogP contribution in [0.1, 0.15) is 54.7 Å². The molecule has 2 aromatic rings. The third kappa shape index (κ3) is 8.78. The SMILES string of the molecule is CCOc1nc(N)nc2c1ncn2[C@@H]1O[C@H](CO[P@@](=O)(N[C@@H](C)C(=O)OC(C)C)OCCSC(=O)C(C)(C)C)[C@@H](O)[C@]1(F)Cl. The number of nitrogens with one attached hydrogen (secondary N) is 1. The Labute approximate surface area is 263 Å². The van der Waals surface area contributed by atoms with E-state index in [0.717, 1.165) is 16.3 Å². The highest BCUT2D eigenvalue weighted by atomic mass is 35.5. The molecule has 248 valence electrons. The molecular weight excluding hydrogens is 646 g/mol. The fourth-order valence-electron chi connectivity index (χ4n) is 3.84. The van der Waals surface area contributed by atoms with Gasteiger partial charge in [-0.1, -0.05) is 44.1 Å². The van der Waals surface area contributed by atoms with Crippen LogP contribution in [0, 0.1) is 5.41 Å². The normalized spacial score (nSPS) is 24.4. The molecule has 0 aromatic carbocycles. The number of carbonyl (C=O) groups is 2. The van der Waals surface area contributed by atoms with Gasteiger partial charge in [0, 0.05) is 11.2 Å². The molecule has 44 heavy (non-hydrogen) atoms. The summed E-state index contributed by atoms with van der Waals surface area (Å²) < 4.78 is 58.0. The van der Waals surface area contributed by atoms with Crippen LogP contribution in [-0.4, -0.2) is 90.8 Å². The molecule has 1 fully saturated rings. The molecule has 0 unspecified atom stereocenters. The second-order valence-electron chi connectivity index (χ2n) is 11.1. The highest BCUT2D eigenvalue weighted by Gasteiger charge is 2.58. The number of alkyl halides is 2. The van der Waals surface area contributed by atoms with E-state index in [4.69, 9.17) is 40.6 Å². The second kappa shape index (κ2) is 14.5. The molecule has 1 aliphatic rings. The van der Waals surface area contributed by atoms with Gasteiger partial charge >= 0.3 is 13.7 Å². The fraction of sp³-hybridized carbons (Fsp3) is 0.720. The van der Waals surface area contributed by atoms with E-state index >= 15 is 4.39 Å². The third-order valence-corrected chi connectivity index (χ3v) is 9.35. The van der Waals surface area contributed by atoms with Crippen molar-refractivity contribution in [3.63, 3.8) is 0 Å². The van der Waals surface area contributed by atoms with E-state index in [0.29, 0.717) is 0 Å². The van der Waals surface area contributed by atoms with Crippen molar-refractivity contribution >= 4 is 59.3 Å². The number of hydrogen-bond donors (Lipinski definition) is 3. The Morgan fingerprint density at radius 3 is 2.61 bits per heavy atom. The molecule has 1 aliphatic heterocycles. The largest absolute Gasteiger partial charge is 0.476 e. The summed E-state index contributed by atoms with van der Waals surface area (Å²) in [6.07, 6.45) is -4.42. The lowest BCUT2D eigenvalue weighted by atomic mass is 10.00. The second-order valence-corrected chi connectivity index (χ2v) is 14.6. The molecule has 0 aliphatic carbocycles. The van der Waals surface area contributed by atoms with E-state index in [2.05, 4.69) is 20.0 Å². The zero-order valence-electron chi connectivity index (χ0n) is 25.5. The number of esters is 1. The maximum absolute atomic E-state index is 15.8. The van der Waals surface area contributed by atoms with E-state index in [-0.39, 0.29) is 47.1 Å². The van der Waals surface area contributed by atoms with Crippen LogP contribution < -0.4 is 15.6 Å². The number of nitrogens with zero attached hydrogens (tertiary/aromatic N) is 4. The number of aromatic nitrogens is 4. The van der Waals surface area contributed by atoms with Gasteiger partial charge in [-0.15, -0.1) is 0 Å². The van der Waals surface area contributed by atoms with Crippen molar-refractivity contribution in [1.82, 2.24) is 24.6 Å². The van der Waals surface area contributed by atoms with E-state index < -0.39 is 61.4 Å². The average molecular weight is 685 g/mol. The molecule has 3 heterocycles. The summed E-state index contributed by atoms with van der Waals surface area (Å²) >= 11 is 7.12. The molecule has 2 aromatic heterocycles. The maximum Gasteiger partial charge on any atom is 0.406 e. The number of fused-ring (bicyclic) bond motifs is 1. The summed E-state index contributed by atoms with van der Waals surface area (Å²) in [5.74, 6) is -0.733. The fourth-order valence-corrected chi connectivity index (χ4v) is 6.52. The van der Waals surface area contributed by atoms with Gasteiger partial charge in [0.25, 0.3) is 5.13 Å². The first kappa shape index (κ1) is 36.4. The molecule has 0 radical (unpaired) electrons. The van der Waals surface area contributed by atoms with Gasteiger partial charge in [-0.3, -0.25) is 23.2 Å². The van der Waals surface area contributed by atoms with Crippen LogP contribution >= 0.6 is 31.1 Å². The highest BCUT2D eigenvalue weighted by molar-refractivity contribution is 8.13. The lowest BCUT2D eigenvalue weighted by molar-refractivity contribution is -0.149. The zero-order chi connectivity index (χ0) is 33.0. The standard InChI is InChI=1S/C25H39ClFN6O9PS/c1-8-38-19-16-18(30-23(28)31-19)33(12-29-16)21-25(26,27)17(34)15(42-21)11-40-43(37,32-14(4)20(35)41-13(2)3)39-9-10-44-22(36)24(5,6)7/h12-15,17,21,34H,8-11H2,1-7H3,(H,32,37)(H2,28,30,31)/t14-,15+,17+,21+,25+,43+/m0/s1. The van der Waals surface area contributed by atoms with Gasteiger partial charge in [-0.2, -0.15) is 9.97 Å². The molecule has 15 nitrogen and oxygen atoms in total. The van der Waals surface area contributed by atoms with Gasteiger partial charge in [0.1, 0.15) is 18.2 Å². The van der Waals surface area contributed by atoms with Crippen LogP contribution in [0.15, 0.2) is 6.33 Å². The Balaban J connectivity index is 1.78. The number of nitrogens with two attached hydrogens (primary N) is 1. The number of imidazole rings is 1. The highest BCUT2D eigenvalue weighted by Crippen LogP contribution is 2.49. The smallest absolute Gasteiger partial charge is 0.406 e. The van der Waals surface area contributed by atoms with Crippen molar-refractivity contribution < 1.29 is 46.9 Å². The summed E-state index contributed by atoms with van der Waals surface area (Å²) in [7, 11) is -4.34. The Morgan fingerprint density at radius 1 is 1.32 bits per heavy atom. The zero-order valence-corrected chi connectivity index (χ0v) is 28.0. The van der Waals surface area contributed by atoms with Gasteiger partial charge in [0.2, 0.25) is 11.8 Å². The van der Waals surface area contributed by atoms with Crippen molar-refractivity contribution in [1.29, 1.82) is 0 Å². The van der Waals surface area contributed by atoms with Gasteiger partial charge < -0.3 is 25.1 Å². The number of aliphatic hydroxyl groups is 1. The molecule has 0 spiro atoms. The first-order chi connectivity index (χ1) is 20.4. The minimum atomic E-state index is -4.34. The number of hydrogen-bond acceptors (Lipinski definition) is 14. The molecule has 0 amide bonds. The topological polar surface area (TPSA) is 199 Å². The number of nitrogen functional groups attached to an aromatic ring is 1. The van der Waals surface area contributed by atoms with Gasteiger partial charge in [0.05, 0.1) is 32.3 Å². The van der Waals surface area contributed by atoms with Crippen LogP contribution in [0.2, 0.25) is 0 Å². The van der Waals surface area contributed by atoms with Gasteiger partial charge in [-0.05, 0) is 27.7 Å². The van der Waals surface area contributed by atoms with Crippen LogP contribution in [0.5, 0.6) is 5.88 Å². The van der Waals surface area contributed by atoms with Crippen LogP contribution in [0.4, 0.5) is 10.3 Å². The number of anilines is 1. The Kier molecular flexibility index (Phi) is 12.0. The first-order valence-corrected chi connectivity index (χ1v) is 16.7. The summed E-state index contributed by atoms with van der Waals surface area (Å²) in [5, 5.41) is 10.2. The molecule has 0 saturated carbocycles. The van der Waals surface area contributed by atoms with Gasteiger partial charge in [0.15, 0.2) is 22.5 Å². The van der Waals surface area contributed by atoms with Gasteiger partial charge in [-0.25, -0.2) is 19.0 Å². The Morgan fingerprint density at radius 2 is 2.00 bits per heavy atom. The number of thioether (sulfide) groups is 1. The van der Waals surface area contributed by atoms with Crippen molar-refractivity contribution in [3.8, 4) is 5.88 Å². The lowest BCUT2D eigenvalue weighted by Gasteiger charge is -2.25. The maximum atomic E-state index is 15.8. The van der Waals surface area contributed by atoms with E-state index in [1.807, 2.05) is 0 Å². The summed E-state index contributed by atoms with van der Waals surface area (Å²) in [6.45, 7) is 11.0. The number of halogens is 2. The molecule has 3 rings (SSSR count). The molecule has 1 saturated heterocycles. The predicted molar refractivity (Wildman–Crippen MR) is 161 cm³/mol. The predicted octanol–water partition coefficient (Wildman–Crippen LogP) is 3.35. The van der Waals surface area contributed by atoms with Crippen LogP contribution in [0.3, 0.4) is 0 Å². The Bertz CT molecular complexity index is 1380. The molecule has 19 heteroatoms. The monoisotopic (exact) mass is 684 g/mol. The van der Waals surface area contributed by atoms with Crippen molar-refractivity contribution in [2.45, 2.75) is 84.2 Å². The number of ether oxygens (including phenoxy) is 3. The van der Waals surface area contributed by atoms with Crippen LogP contribution in [-0.2, 0) is 32.7 Å². The number of rotatable bonds is 14. The molecule has 0 bridgehead atoms. The summed E-state index contributed by atoms with van der Waals surface area (Å²) in [5.41, 5.74) is 5.36. The van der Waals surface area contributed by atoms with E-state index in [1.165, 1.54) is 13.3 Å². The Hall–Kier alpha value is -2.11. The summed E-state index contributed by atoms with van der Waals surface area (Å²) in [4.78, 5) is 36.9. The molecule has 4 N–H and O–H groups in total. The van der Waals surface area contributed by atoms with E-state index in [1.54, 1.807) is 41.5 Å². The lowest BCUT2D eigenvalue weighted by Crippen LogP contribution is -2.39. The third-order valence-electron chi connectivity index (χ3n) is 5.98. The van der Waals surface area contributed by atoms with Crippen LogP contribution in [0.25, 0.3) is 11.2 Å². The average Bonchev–Trinajstić information content (AvgIpc) is 3.42. The molecule has 6 atom stereocenters. The minimum Gasteiger partial charge on any atom is -0.476 e. The number of carbonyl (C=O) groups excluding carboxylic acids is 2. The van der Waals surface area contributed by atoms with Crippen molar-refractivity contribution in [2.75, 3.05) is 31.3 Å². The summed E-state index contributed by atoms with van der Waals surface area (Å²) in [6, 6.07) is -1.15. The minimum absolute atomic E-state index is 0.0258. The molecular formula is C25H39ClFN6O9PS.